The molecule has 0 spiro atoms. The highest BCUT2D eigenvalue weighted by Gasteiger charge is 2.01. The molecule has 0 saturated heterocycles. The molecule has 2 rings (SSSR count). The Bertz CT molecular complexity index is 500. The molecule has 0 aliphatic carbocycles. The van der Waals surface area contributed by atoms with Gasteiger partial charge >= 0.3 is 0 Å². The summed E-state index contributed by atoms with van der Waals surface area (Å²) >= 11 is 3.46. The Morgan fingerprint density at radius 1 is 1.29 bits per heavy atom. The standard InChI is InChI=1S/C13H14BrN3/c1-2-6-16-13-9-15-8-12(17-13)10-4-3-5-11(14)7-10/h3-5,7-9H,2,6H2,1H3,(H,16,17). The number of halogens is 1. The summed E-state index contributed by atoms with van der Waals surface area (Å²) in [7, 11) is 0. The fraction of sp³-hybridized carbons (Fsp3) is 0.231. The van der Waals surface area contributed by atoms with Gasteiger partial charge in [0, 0.05) is 16.6 Å². The summed E-state index contributed by atoms with van der Waals surface area (Å²) in [5.74, 6) is 0.823. The maximum absolute atomic E-state index is 4.53. The summed E-state index contributed by atoms with van der Waals surface area (Å²) in [6, 6.07) is 8.05. The van der Waals surface area contributed by atoms with E-state index in [-0.39, 0.29) is 0 Å². The molecule has 2 aromatic rings. The highest BCUT2D eigenvalue weighted by Crippen LogP contribution is 2.21. The van der Waals surface area contributed by atoms with E-state index in [4.69, 9.17) is 0 Å². The van der Waals surface area contributed by atoms with Crippen molar-refractivity contribution in [2.45, 2.75) is 13.3 Å². The Hall–Kier alpha value is -1.42. The van der Waals surface area contributed by atoms with Crippen LogP contribution in [0.5, 0.6) is 0 Å². The Morgan fingerprint density at radius 3 is 2.94 bits per heavy atom. The van der Waals surface area contributed by atoms with Gasteiger partial charge in [-0.2, -0.15) is 0 Å². The van der Waals surface area contributed by atoms with Crippen LogP contribution >= 0.6 is 15.9 Å². The first-order chi connectivity index (χ1) is 8.29. The van der Waals surface area contributed by atoms with Crippen LogP contribution in [0, 0.1) is 0 Å². The second kappa shape index (κ2) is 5.77. The number of rotatable bonds is 4. The molecule has 88 valence electrons. The lowest BCUT2D eigenvalue weighted by Gasteiger charge is -2.06. The molecular formula is C13H14BrN3. The zero-order valence-corrected chi connectivity index (χ0v) is 11.2. The van der Waals surface area contributed by atoms with E-state index in [1.54, 1.807) is 12.4 Å². The molecule has 0 unspecified atom stereocenters. The second-order valence-corrected chi connectivity index (χ2v) is 4.64. The maximum Gasteiger partial charge on any atom is 0.145 e. The Labute approximate surface area is 109 Å². The summed E-state index contributed by atoms with van der Waals surface area (Å²) in [5, 5.41) is 3.23. The fourth-order valence-electron chi connectivity index (χ4n) is 1.49. The van der Waals surface area contributed by atoms with Crippen molar-refractivity contribution >= 4 is 21.7 Å². The molecule has 3 nitrogen and oxygen atoms in total. The van der Waals surface area contributed by atoms with Gasteiger partial charge in [0.15, 0.2) is 0 Å². The van der Waals surface area contributed by atoms with Crippen LogP contribution in [-0.2, 0) is 0 Å². The molecule has 0 aliphatic rings. The number of nitrogens with one attached hydrogen (secondary N) is 1. The zero-order chi connectivity index (χ0) is 12.1. The first kappa shape index (κ1) is 12.0. The van der Waals surface area contributed by atoms with E-state index >= 15 is 0 Å². The lowest BCUT2D eigenvalue weighted by Crippen LogP contribution is -2.02. The Balaban J connectivity index is 2.26. The molecule has 0 bridgehead atoms. The molecule has 1 aromatic heterocycles. The molecule has 0 radical (unpaired) electrons. The van der Waals surface area contributed by atoms with Crippen molar-refractivity contribution in [3.8, 4) is 11.3 Å². The van der Waals surface area contributed by atoms with Crippen molar-refractivity contribution in [2.75, 3.05) is 11.9 Å². The fourth-order valence-corrected chi connectivity index (χ4v) is 1.89. The van der Waals surface area contributed by atoms with E-state index in [1.807, 2.05) is 24.3 Å². The third kappa shape index (κ3) is 3.27. The van der Waals surface area contributed by atoms with Gasteiger partial charge in [0.1, 0.15) is 5.82 Å². The van der Waals surface area contributed by atoms with E-state index < -0.39 is 0 Å². The van der Waals surface area contributed by atoms with Crippen LogP contribution in [0.1, 0.15) is 13.3 Å². The van der Waals surface area contributed by atoms with Gasteiger partial charge in [-0.15, -0.1) is 0 Å². The van der Waals surface area contributed by atoms with Crippen LogP contribution in [0.4, 0.5) is 5.82 Å². The maximum atomic E-state index is 4.53. The average molecular weight is 292 g/mol. The average Bonchev–Trinajstić information content (AvgIpc) is 2.37. The predicted molar refractivity (Wildman–Crippen MR) is 73.9 cm³/mol. The monoisotopic (exact) mass is 291 g/mol. The molecule has 1 heterocycles. The Kier molecular flexibility index (Phi) is 4.09. The highest BCUT2D eigenvalue weighted by atomic mass is 79.9. The van der Waals surface area contributed by atoms with Crippen molar-refractivity contribution in [2.24, 2.45) is 0 Å². The van der Waals surface area contributed by atoms with Gasteiger partial charge < -0.3 is 5.32 Å². The first-order valence-corrected chi connectivity index (χ1v) is 6.40. The molecule has 0 amide bonds. The summed E-state index contributed by atoms with van der Waals surface area (Å²) in [5.41, 5.74) is 1.94. The van der Waals surface area contributed by atoms with E-state index in [0.29, 0.717) is 0 Å². The number of hydrogen-bond donors (Lipinski definition) is 1. The van der Waals surface area contributed by atoms with E-state index in [2.05, 4.69) is 38.1 Å². The minimum Gasteiger partial charge on any atom is -0.369 e. The Morgan fingerprint density at radius 2 is 2.18 bits per heavy atom. The third-order valence-electron chi connectivity index (χ3n) is 2.31. The zero-order valence-electron chi connectivity index (χ0n) is 9.65. The van der Waals surface area contributed by atoms with Crippen molar-refractivity contribution in [1.82, 2.24) is 9.97 Å². The van der Waals surface area contributed by atoms with Gasteiger partial charge in [-0.3, -0.25) is 4.98 Å². The molecule has 4 heteroatoms. The molecular weight excluding hydrogens is 278 g/mol. The van der Waals surface area contributed by atoms with Crippen molar-refractivity contribution in [3.05, 3.63) is 41.1 Å². The van der Waals surface area contributed by atoms with Gasteiger partial charge in [-0.05, 0) is 18.6 Å². The predicted octanol–water partition coefficient (Wildman–Crippen LogP) is 3.73. The molecule has 1 N–H and O–H groups in total. The van der Waals surface area contributed by atoms with Gasteiger partial charge in [-0.25, -0.2) is 4.98 Å². The van der Waals surface area contributed by atoms with Gasteiger partial charge in [-0.1, -0.05) is 35.0 Å². The molecule has 1 aromatic carbocycles. The SMILES string of the molecule is CCCNc1cncc(-c2cccc(Br)c2)n1. The van der Waals surface area contributed by atoms with Crippen LogP contribution in [0.15, 0.2) is 41.1 Å². The first-order valence-electron chi connectivity index (χ1n) is 5.61. The molecule has 0 saturated carbocycles. The van der Waals surface area contributed by atoms with Crippen LogP contribution in [0.3, 0.4) is 0 Å². The summed E-state index contributed by atoms with van der Waals surface area (Å²) < 4.78 is 1.05. The van der Waals surface area contributed by atoms with Crippen molar-refractivity contribution < 1.29 is 0 Å². The van der Waals surface area contributed by atoms with E-state index in [0.717, 1.165) is 34.5 Å². The lowest BCUT2D eigenvalue weighted by atomic mass is 10.2. The molecule has 0 aliphatic heterocycles. The van der Waals surface area contributed by atoms with Crippen LogP contribution in [-0.4, -0.2) is 16.5 Å². The van der Waals surface area contributed by atoms with E-state index in [1.165, 1.54) is 0 Å². The summed E-state index contributed by atoms with van der Waals surface area (Å²) in [6.45, 7) is 3.04. The smallest absolute Gasteiger partial charge is 0.145 e. The minimum absolute atomic E-state index is 0.823. The number of nitrogens with zero attached hydrogens (tertiary/aromatic N) is 2. The molecule has 17 heavy (non-hydrogen) atoms. The van der Waals surface area contributed by atoms with Crippen molar-refractivity contribution in [1.29, 1.82) is 0 Å². The van der Waals surface area contributed by atoms with Gasteiger partial charge in [0.05, 0.1) is 18.1 Å². The molecule has 0 atom stereocenters. The summed E-state index contributed by atoms with van der Waals surface area (Å²) in [6.07, 6.45) is 4.60. The quantitative estimate of drug-likeness (QED) is 0.933. The number of benzene rings is 1. The number of hydrogen-bond acceptors (Lipinski definition) is 3. The minimum atomic E-state index is 0.823. The van der Waals surface area contributed by atoms with Gasteiger partial charge in [0.25, 0.3) is 0 Å². The third-order valence-corrected chi connectivity index (χ3v) is 2.80. The van der Waals surface area contributed by atoms with Crippen LogP contribution in [0.2, 0.25) is 0 Å². The topological polar surface area (TPSA) is 37.8 Å². The highest BCUT2D eigenvalue weighted by molar-refractivity contribution is 9.10. The van der Waals surface area contributed by atoms with Crippen LogP contribution in [0.25, 0.3) is 11.3 Å². The van der Waals surface area contributed by atoms with Gasteiger partial charge in [0.2, 0.25) is 0 Å². The second-order valence-electron chi connectivity index (χ2n) is 3.73. The number of aromatic nitrogens is 2. The van der Waals surface area contributed by atoms with Crippen LogP contribution < -0.4 is 5.32 Å². The molecule has 0 fully saturated rings. The largest absolute Gasteiger partial charge is 0.369 e. The number of anilines is 1. The summed E-state index contributed by atoms with van der Waals surface area (Å²) in [4.78, 5) is 8.73. The van der Waals surface area contributed by atoms with E-state index in [9.17, 15) is 0 Å². The van der Waals surface area contributed by atoms with Crippen molar-refractivity contribution in [3.63, 3.8) is 0 Å². The lowest BCUT2D eigenvalue weighted by molar-refractivity contribution is 0.965. The normalized spacial score (nSPS) is 10.2.